The van der Waals surface area contributed by atoms with E-state index in [2.05, 4.69) is 36.9 Å². The van der Waals surface area contributed by atoms with Crippen molar-refractivity contribution in [2.45, 2.75) is 64.8 Å². The summed E-state index contributed by atoms with van der Waals surface area (Å²) in [5.41, 5.74) is 4.11. The molecular weight excluding hydrogens is 306 g/mol. The molecule has 2 nitrogen and oxygen atoms in total. The Morgan fingerprint density at radius 3 is 2.16 bits per heavy atom. The van der Waals surface area contributed by atoms with Crippen molar-refractivity contribution in [3.63, 3.8) is 0 Å². The van der Waals surface area contributed by atoms with Crippen LogP contribution < -0.4 is 0 Å². The highest BCUT2D eigenvalue weighted by Gasteiger charge is 2.52. The molecule has 1 aliphatic heterocycles. The van der Waals surface area contributed by atoms with E-state index in [9.17, 15) is 4.79 Å². The lowest BCUT2D eigenvalue weighted by Gasteiger charge is -2.56. The van der Waals surface area contributed by atoms with Gasteiger partial charge in [0.15, 0.2) is 0 Å². The van der Waals surface area contributed by atoms with Crippen LogP contribution in [-0.4, -0.2) is 23.4 Å². The number of amides is 1. The SMILES string of the molecule is Cc1cccc(C)c1CC1CCN(C2C3CC4CC(C3)CC2C4)C1=O. The quantitative estimate of drug-likeness (QED) is 0.794. The average Bonchev–Trinajstić information content (AvgIpc) is 2.91. The van der Waals surface area contributed by atoms with Gasteiger partial charge in [0.2, 0.25) is 5.91 Å². The van der Waals surface area contributed by atoms with Crippen LogP contribution in [0.5, 0.6) is 0 Å². The Bertz CT molecular complexity index is 645. The van der Waals surface area contributed by atoms with E-state index in [1.807, 2.05) is 0 Å². The van der Waals surface area contributed by atoms with E-state index in [4.69, 9.17) is 0 Å². The molecule has 1 unspecified atom stereocenters. The standard InChI is InChI=1S/C23H31NO/c1-14-4-3-5-15(2)21(14)13-18-6-7-24(23(18)25)22-19-9-16-8-17(11-19)12-20(22)10-16/h3-5,16-20,22H,6-13H2,1-2H3. The molecule has 1 aromatic rings. The van der Waals surface area contributed by atoms with Gasteiger partial charge in [0, 0.05) is 18.5 Å². The number of carbonyl (C=O) groups excluding carboxylic acids is 1. The number of aryl methyl sites for hydroxylation is 2. The molecule has 0 N–H and O–H groups in total. The van der Waals surface area contributed by atoms with Crippen molar-refractivity contribution in [3.8, 4) is 0 Å². The van der Waals surface area contributed by atoms with Crippen molar-refractivity contribution >= 4 is 5.91 Å². The van der Waals surface area contributed by atoms with Gasteiger partial charge in [-0.25, -0.2) is 0 Å². The molecule has 1 atom stereocenters. The molecular formula is C23H31NO. The summed E-state index contributed by atoms with van der Waals surface area (Å²) in [6, 6.07) is 7.10. The third kappa shape index (κ3) is 2.55. The van der Waals surface area contributed by atoms with Gasteiger partial charge >= 0.3 is 0 Å². The number of hydrogen-bond acceptors (Lipinski definition) is 1. The summed E-state index contributed by atoms with van der Waals surface area (Å²) in [7, 11) is 0. The van der Waals surface area contributed by atoms with Gasteiger partial charge in [-0.3, -0.25) is 4.79 Å². The van der Waals surface area contributed by atoms with Crippen molar-refractivity contribution in [1.29, 1.82) is 0 Å². The first-order valence-electron chi connectivity index (χ1n) is 10.5. The van der Waals surface area contributed by atoms with Crippen molar-refractivity contribution in [3.05, 3.63) is 34.9 Å². The van der Waals surface area contributed by atoms with Crippen LogP contribution in [0.4, 0.5) is 0 Å². The number of rotatable bonds is 3. The molecule has 5 fully saturated rings. The monoisotopic (exact) mass is 337 g/mol. The molecule has 25 heavy (non-hydrogen) atoms. The van der Waals surface area contributed by atoms with E-state index in [0.717, 1.165) is 43.1 Å². The number of benzene rings is 1. The second kappa shape index (κ2) is 5.86. The summed E-state index contributed by atoms with van der Waals surface area (Å²) in [5, 5.41) is 0. The highest BCUT2D eigenvalue weighted by molar-refractivity contribution is 5.81. The molecule has 6 rings (SSSR count). The number of nitrogens with zero attached hydrogens (tertiary/aromatic N) is 1. The predicted octanol–water partition coefficient (Wildman–Crippen LogP) is 4.52. The fraction of sp³-hybridized carbons (Fsp3) is 0.696. The third-order valence-corrected chi connectivity index (χ3v) is 7.98. The van der Waals surface area contributed by atoms with Crippen LogP contribution in [0.25, 0.3) is 0 Å². The number of hydrogen-bond donors (Lipinski definition) is 0. The van der Waals surface area contributed by atoms with Gasteiger partial charge in [-0.2, -0.15) is 0 Å². The van der Waals surface area contributed by atoms with E-state index in [-0.39, 0.29) is 5.92 Å². The maximum Gasteiger partial charge on any atom is 0.226 e. The smallest absolute Gasteiger partial charge is 0.226 e. The fourth-order valence-corrected chi connectivity index (χ4v) is 7.07. The van der Waals surface area contributed by atoms with Crippen molar-refractivity contribution in [2.24, 2.45) is 29.6 Å². The maximum absolute atomic E-state index is 13.3. The van der Waals surface area contributed by atoms with E-state index in [0.29, 0.717) is 11.9 Å². The highest BCUT2D eigenvalue weighted by atomic mass is 16.2. The van der Waals surface area contributed by atoms with Crippen LogP contribution in [0.1, 0.15) is 55.2 Å². The fourth-order valence-electron chi connectivity index (χ4n) is 7.07. The summed E-state index contributed by atoms with van der Waals surface area (Å²) in [6.07, 6.45) is 9.12. The second-order valence-electron chi connectivity index (χ2n) is 9.51. The summed E-state index contributed by atoms with van der Waals surface area (Å²) in [6.45, 7) is 5.40. The van der Waals surface area contributed by atoms with Crippen LogP contribution >= 0.6 is 0 Å². The Balaban J connectivity index is 1.34. The van der Waals surface area contributed by atoms with Crippen LogP contribution in [0, 0.1) is 43.4 Å². The minimum atomic E-state index is 0.219. The molecule has 1 heterocycles. The zero-order valence-electron chi connectivity index (χ0n) is 15.7. The molecule has 5 aliphatic rings. The Labute approximate surface area is 152 Å². The third-order valence-electron chi connectivity index (χ3n) is 7.98. The largest absolute Gasteiger partial charge is 0.339 e. The summed E-state index contributed by atoms with van der Waals surface area (Å²) in [4.78, 5) is 15.6. The Hall–Kier alpha value is -1.31. The van der Waals surface area contributed by atoms with Gasteiger partial charge in [-0.1, -0.05) is 18.2 Å². The Morgan fingerprint density at radius 1 is 0.960 bits per heavy atom. The van der Waals surface area contributed by atoms with Crippen LogP contribution in [0.2, 0.25) is 0 Å². The highest BCUT2D eigenvalue weighted by Crippen LogP contribution is 2.55. The lowest BCUT2D eigenvalue weighted by atomic mass is 9.54. The van der Waals surface area contributed by atoms with Crippen molar-refractivity contribution < 1.29 is 4.79 Å². The minimum Gasteiger partial charge on any atom is -0.339 e. The Morgan fingerprint density at radius 2 is 1.56 bits per heavy atom. The maximum atomic E-state index is 13.3. The number of likely N-dealkylation sites (tertiary alicyclic amines) is 1. The molecule has 0 aromatic heterocycles. The number of carbonyl (C=O) groups is 1. The van der Waals surface area contributed by atoms with Gasteiger partial charge in [-0.15, -0.1) is 0 Å². The first-order chi connectivity index (χ1) is 12.1. The predicted molar refractivity (Wildman–Crippen MR) is 100 cm³/mol. The van der Waals surface area contributed by atoms with E-state index in [1.165, 1.54) is 48.8 Å². The normalized spacial score (nSPS) is 39.4. The Kier molecular flexibility index (Phi) is 3.73. The zero-order valence-corrected chi connectivity index (χ0v) is 15.7. The summed E-state index contributed by atoms with van der Waals surface area (Å²) >= 11 is 0. The molecule has 4 saturated carbocycles. The lowest BCUT2D eigenvalue weighted by molar-refractivity contribution is -0.141. The van der Waals surface area contributed by atoms with Crippen LogP contribution in [0.15, 0.2) is 18.2 Å². The molecule has 1 aromatic carbocycles. The zero-order chi connectivity index (χ0) is 17.1. The molecule has 1 amide bonds. The van der Waals surface area contributed by atoms with Gasteiger partial charge in [0.05, 0.1) is 0 Å². The molecule has 134 valence electrons. The second-order valence-corrected chi connectivity index (χ2v) is 9.51. The van der Waals surface area contributed by atoms with Gasteiger partial charge in [0.1, 0.15) is 0 Å². The topological polar surface area (TPSA) is 20.3 Å². The molecule has 4 aliphatic carbocycles. The first kappa shape index (κ1) is 15.9. The lowest BCUT2D eigenvalue weighted by Crippen LogP contribution is -2.56. The van der Waals surface area contributed by atoms with Crippen molar-refractivity contribution in [1.82, 2.24) is 4.90 Å². The van der Waals surface area contributed by atoms with Gasteiger partial charge in [0.25, 0.3) is 0 Å². The summed E-state index contributed by atoms with van der Waals surface area (Å²) in [5.74, 6) is 4.30. The minimum absolute atomic E-state index is 0.219. The van der Waals surface area contributed by atoms with Crippen LogP contribution in [-0.2, 0) is 11.2 Å². The van der Waals surface area contributed by atoms with Crippen LogP contribution in [0.3, 0.4) is 0 Å². The van der Waals surface area contributed by atoms with E-state index in [1.54, 1.807) is 0 Å². The molecule has 4 bridgehead atoms. The van der Waals surface area contributed by atoms with Crippen molar-refractivity contribution in [2.75, 3.05) is 6.54 Å². The molecule has 0 spiro atoms. The summed E-state index contributed by atoms with van der Waals surface area (Å²) < 4.78 is 0. The van der Waals surface area contributed by atoms with Gasteiger partial charge < -0.3 is 4.90 Å². The molecule has 0 radical (unpaired) electrons. The average molecular weight is 338 g/mol. The van der Waals surface area contributed by atoms with Gasteiger partial charge in [-0.05, 0) is 99.2 Å². The molecule has 2 heteroatoms. The molecule has 1 saturated heterocycles. The van der Waals surface area contributed by atoms with E-state index >= 15 is 0 Å². The first-order valence-corrected chi connectivity index (χ1v) is 10.5. The van der Waals surface area contributed by atoms with E-state index < -0.39 is 0 Å².